The lowest BCUT2D eigenvalue weighted by molar-refractivity contribution is -0.115. The van der Waals surface area contributed by atoms with Gasteiger partial charge in [-0.1, -0.05) is 41.0 Å². The summed E-state index contributed by atoms with van der Waals surface area (Å²) in [7, 11) is 1.66. The van der Waals surface area contributed by atoms with Crippen molar-refractivity contribution in [2.45, 2.75) is 30.3 Å². The molecule has 1 aromatic heterocycles. The van der Waals surface area contributed by atoms with E-state index in [1.54, 1.807) is 38.6 Å². The number of carbonyl (C=O) groups is 1. The molecule has 0 aliphatic rings. The van der Waals surface area contributed by atoms with E-state index in [-0.39, 0.29) is 11.2 Å². The second-order valence-corrected chi connectivity index (χ2v) is 7.10. The molecular formula is C15H18Cl2N4O2S. The van der Waals surface area contributed by atoms with Crippen LogP contribution >= 0.6 is 35.0 Å². The van der Waals surface area contributed by atoms with Crippen molar-refractivity contribution in [2.75, 3.05) is 19.0 Å². The molecule has 0 fully saturated rings. The molecule has 0 saturated heterocycles. The van der Waals surface area contributed by atoms with Crippen LogP contribution in [0.3, 0.4) is 0 Å². The summed E-state index contributed by atoms with van der Waals surface area (Å²) in [6.45, 7) is 3.19. The highest BCUT2D eigenvalue weighted by atomic mass is 35.5. The minimum absolute atomic E-state index is 0.185. The van der Waals surface area contributed by atoms with Gasteiger partial charge in [-0.2, -0.15) is 0 Å². The zero-order chi connectivity index (χ0) is 17.5. The van der Waals surface area contributed by atoms with Gasteiger partial charge in [0.15, 0.2) is 5.16 Å². The van der Waals surface area contributed by atoms with E-state index in [9.17, 15) is 4.79 Å². The van der Waals surface area contributed by atoms with Crippen molar-refractivity contribution in [1.82, 2.24) is 14.8 Å². The molecule has 2 rings (SSSR count). The van der Waals surface area contributed by atoms with E-state index >= 15 is 0 Å². The third-order valence-electron chi connectivity index (χ3n) is 3.19. The van der Waals surface area contributed by atoms with Gasteiger partial charge in [0.25, 0.3) is 0 Å². The van der Waals surface area contributed by atoms with Gasteiger partial charge in [0.2, 0.25) is 5.91 Å². The number of rotatable bonds is 8. The molecule has 0 aliphatic heterocycles. The Morgan fingerprint density at radius 2 is 2.25 bits per heavy atom. The molecule has 0 radical (unpaired) electrons. The summed E-state index contributed by atoms with van der Waals surface area (Å²) in [5.41, 5.74) is 0.489. The number of halogens is 2. The lowest BCUT2D eigenvalue weighted by Crippen LogP contribution is -2.23. The number of hydrogen-bond donors (Lipinski definition) is 1. The van der Waals surface area contributed by atoms with E-state index in [0.29, 0.717) is 27.5 Å². The first-order chi connectivity index (χ1) is 11.5. The zero-order valence-electron chi connectivity index (χ0n) is 13.3. The molecule has 2 aromatic rings. The van der Waals surface area contributed by atoms with Crippen molar-refractivity contribution in [3.63, 3.8) is 0 Å². The average Bonchev–Trinajstić information content (AvgIpc) is 2.99. The largest absolute Gasteiger partial charge is 0.385 e. The van der Waals surface area contributed by atoms with Gasteiger partial charge in [-0.25, -0.2) is 0 Å². The number of amides is 1. The van der Waals surface area contributed by atoms with Gasteiger partial charge < -0.3 is 14.6 Å². The molecule has 130 valence electrons. The van der Waals surface area contributed by atoms with E-state index < -0.39 is 0 Å². The first-order valence-electron chi connectivity index (χ1n) is 7.31. The third-order valence-corrected chi connectivity index (χ3v) is 5.10. The Hall–Kier alpha value is -1.28. The molecule has 1 atom stereocenters. The number of methoxy groups -OCH3 is 1. The summed E-state index contributed by atoms with van der Waals surface area (Å²) >= 11 is 13.4. The standard InChI is InChI=1S/C15H18Cl2N4O2S/c1-10(14(22)19-12-6-3-5-11(16)13(12)17)24-15-20-18-9-21(15)7-4-8-23-2/h3,5-6,9-10H,4,7-8H2,1-2H3,(H,19,22). The fourth-order valence-corrected chi connectivity index (χ4v) is 3.11. The van der Waals surface area contributed by atoms with E-state index in [2.05, 4.69) is 15.5 Å². The third kappa shape index (κ3) is 5.11. The molecule has 0 saturated carbocycles. The van der Waals surface area contributed by atoms with Crippen LogP contribution in [0, 0.1) is 0 Å². The average molecular weight is 389 g/mol. The van der Waals surface area contributed by atoms with E-state index in [4.69, 9.17) is 27.9 Å². The lowest BCUT2D eigenvalue weighted by atomic mass is 10.3. The minimum Gasteiger partial charge on any atom is -0.385 e. The van der Waals surface area contributed by atoms with Crippen LogP contribution in [0.15, 0.2) is 29.7 Å². The number of thioether (sulfide) groups is 1. The Kier molecular flexibility index (Phi) is 7.36. The number of aromatic nitrogens is 3. The first kappa shape index (κ1) is 19.1. The lowest BCUT2D eigenvalue weighted by Gasteiger charge is -2.13. The van der Waals surface area contributed by atoms with Crippen LogP contribution in [0.2, 0.25) is 10.0 Å². The zero-order valence-corrected chi connectivity index (χ0v) is 15.7. The molecule has 0 spiro atoms. The van der Waals surface area contributed by atoms with Crippen molar-refractivity contribution < 1.29 is 9.53 Å². The van der Waals surface area contributed by atoms with Crippen LogP contribution in [-0.4, -0.2) is 39.6 Å². The van der Waals surface area contributed by atoms with Gasteiger partial charge in [-0.3, -0.25) is 4.79 Å². The number of ether oxygens (including phenoxy) is 1. The normalized spacial score (nSPS) is 12.2. The van der Waals surface area contributed by atoms with Gasteiger partial charge >= 0.3 is 0 Å². The summed E-state index contributed by atoms with van der Waals surface area (Å²) < 4.78 is 6.94. The number of nitrogens with zero attached hydrogens (tertiary/aromatic N) is 3. The molecular weight excluding hydrogens is 371 g/mol. The smallest absolute Gasteiger partial charge is 0.237 e. The Balaban J connectivity index is 1.97. The van der Waals surface area contributed by atoms with Crippen molar-refractivity contribution in [3.8, 4) is 0 Å². The van der Waals surface area contributed by atoms with Crippen molar-refractivity contribution in [2.24, 2.45) is 0 Å². The molecule has 1 aromatic carbocycles. The number of carbonyl (C=O) groups excluding carboxylic acids is 1. The van der Waals surface area contributed by atoms with Crippen LogP contribution in [0.1, 0.15) is 13.3 Å². The first-order valence-corrected chi connectivity index (χ1v) is 8.94. The van der Waals surface area contributed by atoms with Crippen LogP contribution in [0.4, 0.5) is 5.69 Å². The van der Waals surface area contributed by atoms with Crippen LogP contribution in [-0.2, 0) is 16.1 Å². The fourth-order valence-electron chi connectivity index (χ4n) is 1.91. The van der Waals surface area contributed by atoms with Crippen LogP contribution in [0.25, 0.3) is 0 Å². The van der Waals surface area contributed by atoms with Crippen molar-refractivity contribution in [3.05, 3.63) is 34.6 Å². The van der Waals surface area contributed by atoms with E-state index in [1.165, 1.54) is 11.8 Å². The van der Waals surface area contributed by atoms with Crippen LogP contribution in [0.5, 0.6) is 0 Å². The van der Waals surface area contributed by atoms with Gasteiger partial charge in [0, 0.05) is 20.3 Å². The quantitative estimate of drug-likeness (QED) is 0.550. The molecule has 1 amide bonds. The Labute approximate surface area is 154 Å². The van der Waals surface area contributed by atoms with E-state index in [1.807, 2.05) is 4.57 Å². The summed E-state index contributed by atoms with van der Waals surface area (Å²) in [4.78, 5) is 12.4. The molecule has 1 heterocycles. The van der Waals surface area contributed by atoms with Gasteiger partial charge in [-0.15, -0.1) is 10.2 Å². The predicted octanol–water partition coefficient (Wildman–Crippen LogP) is 3.74. The molecule has 1 N–H and O–H groups in total. The summed E-state index contributed by atoms with van der Waals surface area (Å²) in [6, 6.07) is 5.10. The Morgan fingerprint density at radius 3 is 3.00 bits per heavy atom. The maximum atomic E-state index is 12.4. The highest BCUT2D eigenvalue weighted by Gasteiger charge is 2.19. The second-order valence-electron chi connectivity index (χ2n) is 5.00. The summed E-state index contributed by atoms with van der Waals surface area (Å²) in [6.07, 6.45) is 2.50. The fraction of sp³-hybridized carbons (Fsp3) is 0.400. The van der Waals surface area contributed by atoms with Gasteiger partial charge in [-0.05, 0) is 25.5 Å². The van der Waals surface area contributed by atoms with E-state index in [0.717, 1.165) is 13.0 Å². The number of anilines is 1. The highest BCUT2D eigenvalue weighted by Crippen LogP contribution is 2.30. The minimum atomic E-state index is -0.370. The van der Waals surface area contributed by atoms with Crippen molar-refractivity contribution >= 4 is 46.6 Å². The maximum absolute atomic E-state index is 12.4. The SMILES string of the molecule is COCCCn1cnnc1SC(C)C(=O)Nc1cccc(Cl)c1Cl. The maximum Gasteiger partial charge on any atom is 0.237 e. The molecule has 6 nitrogen and oxygen atoms in total. The van der Waals surface area contributed by atoms with Gasteiger partial charge in [0.05, 0.1) is 21.0 Å². The molecule has 1 unspecified atom stereocenters. The summed E-state index contributed by atoms with van der Waals surface area (Å²) in [5, 5.41) is 11.8. The Morgan fingerprint density at radius 1 is 1.46 bits per heavy atom. The molecule has 9 heteroatoms. The van der Waals surface area contributed by atoms with Crippen molar-refractivity contribution in [1.29, 1.82) is 0 Å². The number of hydrogen-bond acceptors (Lipinski definition) is 5. The number of aryl methyl sites for hydroxylation is 1. The number of nitrogens with one attached hydrogen (secondary N) is 1. The predicted molar refractivity (Wildman–Crippen MR) is 96.9 cm³/mol. The van der Waals surface area contributed by atoms with Gasteiger partial charge in [0.1, 0.15) is 6.33 Å². The second kappa shape index (κ2) is 9.27. The molecule has 24 heavy (non-hydrogen) atoms. The monoisotopic (exact) mass is 388 g/mol. The van der Waals surface area contributed by atoms with Crippen LogP contribution < -0.4 is 5.32 Å². The molecule has 0 bridgehead atoms. The number of benzene rings is 1. The highest BCUT2D eigenvalue weighted by molar-refractivity contribution is 8.00. The Bertz CT molecular complexity index is 696. The topological polar surface area (TPSA) is 69.0 Å². The molecule has 0 aliphatic carbocycles. The summed E-state index contributed by atoms with van der Waals surface area (Å²) in [5.74, 6) is -0.185.